The fourth-order valence-corrected chi connectivity index (χ4v) is 3.50. The highest BCUT2D eigenvalue weighted by Crippen LogP contribution is 2.22. The molecule has 9 heteroatoms. The van der Waals surface area contributed by atoms with E-state index in [0.29, 0.717) is 19.0 Å². The molecule has 0 unspecified atom stereocenters. The van der Waals surface area contributed by atoms with Crippen LogP contribution in [0.4, 0.5) is 17.5 Å². The summed E-state index contributed by atoms with van der Waals surface area (Å²) < 4.78 is 0. The zero-order chi connectivity index (χ0) is 22.4. The summed E-state index contributed by atoms with van der Waals surface area (Å²) in [5.74, 6) is 0.104. The quantitative estimate of drug-likeness (QED) is 0.585. The molecule has 0 radical (unpaired) electrons. The van der Waals surface area contributed by atoms with Crippen LogP contribution < -0.4 is 16.4 Å². The number of carbonyl (C=O) groups is 2. The molecule has 2 aromatic rings. The minimum atomic E-state index is -0.718. The number of nitrogens with one attached hydrogen (secondary N) is 2. The molecule has 1 aromatic heterocycles. The van der Waals surface area contributed by atoms with Crippen LogP contribution in [0.25, 0.3) is 0 Å². The van der Waals surface area contributed by atoms with E-state index in [0.717, 1.165) is 24.9 Å². The molecule has 9 nitrogen and oxygen atoms in total. The van der Waals surface area contributed by atoms with Crippen molar-refractivity contribution >= 4 is 29.3 Å². The third-order valence-corrected chi connectivity index (χ3v) is 5.25. The molecule has 1 aromatic carbocycles. The molecule has 0 spiro atoms. The maximum atomic E-state index is 12.0. The van der Waals surface area contributed by atoms with Gasteiger partial charge in [-0.25, -0.2) is 0 Å². The van der Waals surface area contributed by atoms with E-state index < -0.39 is 5.91 Å². The second-order valence-electron chi connectivity index (χ2n) is 7.92. The van der Waals surface area contributed by atoms with Gasteiger partial charge in [-0.1, -0.05) is 32.6 Å². The van der Waals surface area contributed by atoms with Crippen molar-refractivity contribution in [2.24, 2.45) is 5.73 Å². The Morgan fingerprint density at radius 1 is 1.23 bits per heavy atom. The first-order valence-corrected chi connectivity index (χ1v) is 10.5. The molecule has 4 N–H and O–H groups in total. The lowest BCUT2D eigenvalue weighted by Crippen LogP contribution is -2.38. The number of hydrogen-bond acceptors (Lipinski definition) is 7. The molecule has 0 aliphatic carbocycles. The van der Waals surface area contributed by atoms with Gasteiger partial charge in [0, 0.05) is 24.8 Å². The number of anilines is 3. The van der Waals surface area contributed by atoms with Gasteiger partial charge in [0.2, 0.25) is 11.9 Å². The Hall–Kier alpha value is -3.49. The van der Waals surface area contributed by atoms with Gasteiger partial charge >= 0.3 is 0 Å². The van der Waals surface area contributed by atoms with Crippen molar-refractivity contribution in [1.29, 1.82) is 0 Å². The molecule has 0 saturated carbocycles. The molecule has 3 rings (SSSR count). The van der Waals surface area contributed by atoms with Crippen molar-refractivity contribution in [2.45, 2.75) is 45.1 Å². The van der Waals surface area contributed by atoms with E-state index in [2.05, 4.69) is 46.2 Å². The van der Waals surface area contributed by atoms with Crippen molar-refractivity contribution in [3.8, 4) is 0 Å². The van der Waals surface area contributed by atoms with Crippen molar-refractivity contribution in [2.75, 3.05) is 23.7 Å². The Morgan fingerprint density at radius 3 is 2.61 bits per heavy atom. The Labute approximate surface area is 182 Å². The highest BCUT2D eigenvalue weighted by Gasteiger charge is 2.22. The van der Waals surface area contributed by atoms with E-state index in [1.54, 1.807) is 4.90 Å². The van der Waals surface area contributed by atoms with Crippen molar-refractivity contribution in [3.63, 3.8) is 0 Å². The third kappa shape index (κ3) is 5.78. The van der Waals surface area contributed by atoms with E-state index in [4.69, 9.17) is 5.73 Å². The molecule has 31 heavy (non-hydrogen) atoms. The summed E-state index contributed by atoms with van der Waals surface area (Å²) in [4.78, 5) is 30.1. The molecule has 2 heterocycles. The van der Waals surface area contributed by atoms with Crippen LogP contribution in [0.3, 0.4) is 0 Å². The second-order valence-corrected chi connectivity index (χ2v) is 7.92. The average molecular weight is 424 g/mol. The van der Waals surface area contributed by atoms with E-state index in [9.17, 15) is 9.59 Å². The fraction of sp³-hybridized carbons (Fsp3) is 0.409. The van der Waals surface area contributed by atoms with E-state index in [-0.39, 0.29) is 29.4 Å². The number of primary amides is 1. The van der Waals surface area contributed by atoms with Gasteiger partial charge in [-0.15, -0.1) is 10.2 Å². The van der Waals surface area contributed by atoms with Crippen molar-refractivity contribution < 1.29 is 9.59 Å². The number of benzene rings is 1. The largest absolute Gasteiger partial charge is 0.364 e. The molecule has 1 aliphatic rings. The highest BCUT2D eigenvalue weighted by atomic mass is 16.2. The Kier molecular flexibility index (Phi) is 7.17. The predicted octanol–water partition coefficient (Wildman–Crippen LogP) is 2.82. The van der Waals surface area contributed by atoms with Crippen molar-refractivity contribution in [1.82, 2.24) is 20.1 Å². The molecule has 164 valence electrons. The van der Waals surface area contributed by atoms with Gasteiger partial charge < -0.3 is 21.3 Å². The van der Waals surface area contributed by atoms with Gasteiger partial charge in [0.15, 0.2) is 11.5 Å². The number of amides is 2. The number of nitrogens with two attached hydrogens (primary N) is 1. The third-order valence-electron chi connectivity index (χ3n) is 5.25. The summed E-state index contributed by atoms with van der Waals surface area (Å²) in [6.07, 6.45) is 4.09. The Balaban J connectivity index is 1.79. The monoisotopic (exact) mass is 423 g/mol. The summed E-state index contributed by atoms with van der Waals surface area (Å²) in [6, 6.07) is 7.83. The zero-order valence-corrected chi connectivity index (χ0v) is 18.0. The molecule has 1 fully saturated rings. The maximum Gasteiger partial charge on any atom is 0.273 e. The number of carbonyl (C=O) groups excluding carboxylic acids is 2. The average Bonchev–Trinajstić information content (AvgIpc) is 2.99. The Morgan fingerprint density at radius 2 is 1.97 bits per heavy atom. The van der Waals surface area contributed by atoms with Crippen LogP contribution in [0.2, 0.25) is 0 Å². The minimum Gasteiger partial charge on any atom is -0.364 e. The minimum absolute atomic E-state index is 0.0363. The standard InChI is InChI=1S/C22H29N7O2/c1-4-18(30)29-12-6-5-7-17(13-29)25-22-26-21(19(20(23)31)27-28-22)24-16-10-8-15(9-11-16)14(2)3/h4,8-11,14,17H,1,5-7,12-13H2,2-3H3,(H2,23,31)(H2,24,25,26,28)/t17-/m1/s1. The molecule has 2 amide bonds. The van der Waals surface area contributed by atoms with E-state index in [1.807, 2.05) is 24.3 Å². The first kappa shape index (κ1) is 22.2. The fourth-order valence-electron chi connectivity index (χ4n) is 3.50. The van der Waals surface area contributed by atoms with Crippen LogP contribution in [0.15, 0.2) is 36.9 Å². The summed E-state index contributed by atoms with van der Waals surface area (Å²) in [5, 5.41) is 14.3. The lowest BCUT2D eigenvalue weighted by atomic mass is 10.0. The first-order valence-electron chi connectivity index (χ1n) is 10.5. The summed E-state index contributed by atoms with van der Waals surface area (Å²) >= 11 is 0. The van der Waals surface area contributed by atoms with Gasteiger partial charge in [0.05, 0.1) is 0 Å². The number of hydrogen-bond donors (Lipinski definition) is 3. The number of nitrogens with zero attached hydrogens (tertiary/aromatic N) is 4. The summed E-state index contributed by atoms with van der Waals surface area (Å²) in [6.45, 7) is 9.03. The number of likely N-dealkylation sites (tertiary alicyclic amines) is 1. The normalized spacial score (nSPS) is 16.5. The first-order chi connectivity index (χ1) is 14.9. The SMILES string of the molecule is C=CC(=O)N1CCCC[C@@H](Nc2nnc(C(N)=O)c(Nc3ccc(C(C)C)cc3)n2)C1. The smallest absolute Gasteiger partial charge is 0.273 e. The predicted molar refractivity (Wildman–Crippen MR) is 120 cm³/mol. The van der Waals surface area contributed by atoms with Crippen molar-refractivity contribution in [3.05, 3.63) is 48.2 Å². The molecule has 1 aliphatic heterocycles. The van der Waals surface area contributed by atoms with Gasteiger partial charge in [-0.3, -0.25) is 9.59 Å². The molecule has 1 atom stereocenters. The number of rotatable bonds is 7. The lowest BCUT2D eigenvalue weighted by molar-refractivity contribution is -0.126. The molecule has 0 bridgehead atoms. The highest BCUT2D eigenvalue weighted by molar-refractivity contribution is 5.96. The van der Waals surface area contributed by atoms with Gasteiger partial charge in [-0.2, -0.15) is 4.98 Å². The van der Waals surface area contributed by atoms with Gasteiger partial charge in [0.25, 0.3) is 5.91 Å². The van der Waals surface area contributed by atoms with Crippen LogP contribution in [0.5, 0.6) is 0 Å². The maximum absolute atomic E-state index is 12.0. The van der Waals surface area contributed by atoms with Crippen LogP contribution in [-0.4, -0.2) is 51.0 Å². The summed E-state index contributed by atoms with van der Waals surface area (Å²) in [5.41, 5.74) is 7.38. The molecular weight excluding hydrogens is 394 g/mol. The topological polar surface area (TPSA) is 126 Å². The summed E-state index contributed by atoms with van der Waals surface area (Å²) in [7, 11) is 0. The molecule has 1 saturated heterocycles. The molecular formula is C22H29N7O2. The van der Waals surface area contributed by atoms with E-state index in [1.165, 1.54) is 11.6 Å². The second kappa shape index (κ2) is 10.0. The van der Waals surface area contributed by atoms with Crippen LogP contribution >= 0.6 is 0 Å². The zero-order valence-electron chi connectivity index (χ0n) is 18.0. The lowest BCUT2D eigenvalue weighted by Gasteiger charge is -2.24. The van der Waals surface area contributed by atoms with Crippen LogP contribution in [-0.2, 0) is 4.79 Å². The number of aromatic nitrogens is 3. The Bertz CT molecular complexity index is 943. The van der Waals surface area contributed by atoms with Crippen LogP contribution in [0, 0.1) is 0 Å². The van der Waals surface area contributed by atoms with Gasteiger partial charge in [0.1, 0.15) is 0 Å². The van der Waals surface area contributed by atoms with Gasteiger partial charge in [-0.05, 0) is 49.0 Å². The van der Waals surface area contributed by atoms with Crippen LogP contribution in [0.1, 0.15) is 55.1 Å². The van der Waals surface area contributed by atoms with E-state index >= 15 is 0 Å².